The van der Waals surface area contributed by atoms with Gasteiger partial charge in [0.2, 0.25) is 0 Å². The van der Waals surface area contributed by atoms with E-state index in [1.54, 1.807) is 24.3 Å². The Balaban J connectivity index is 1.86. The number of nitrogens with zero attached hydrogens (tertiary/aromatic N) is 1. The lowest BCUT2D eigenvalue weighted by molar-refractivity contribution is -0.384. The number of esters is 1. The van der Waals surface area contributed by atoms with Crippen molar-refractivity contribution in [1.29, 1.82) is 0 Å². The molecule has 0 spiro atoms. The summed E-state index contributed by atoms with van der Waals surface area (Å²) in [7, 11) is 0. The number of nitro groups is 1. The van der Waals surface area contributed by atoms with E-state index in [1.165, 1.54) is 12.1 Å². The van der Waals surface area contributed by atoms with E-state index >= 15 is 0 Å². The van der Waals surface area contributed by atoms with Crippen molar-refractivity contribution in [1.82, 2.24) is 0 Å². The SMILES string of the molecule is O=C(OCCOc1cccc(Cl)c1)c1ccc([N+](=O)[O-])cc1Cl. The van der Waals surface area contributed by atoms with Gasteiger partial charge in [-0.2, -0.15) is 0 Å². The van der Waals surface area contributed by atoms with Crippen molar-refractivity contribution in [3.63, 3.8) is 0 Å². The molecule has 0 N–H and O–H groups in total. The molecular weight excluding hydrogens is 345 g/mol. The third-order valence-corrected chi connectivity index (χ3v) is 3.31. The summed E-state index contributed by atoms with van der Waals surface area (Å²) in [6.45, 7) is 0.134. The average molecular weight is 356 g/mol. The Morgan fingerprint density at radius 3 is 2.57 bits per heavy atom. The van der Waals surface area contributed by atoms with Gasteiger partial charge in [0.05, 0.1) is 15.5 Å². The maximum Gasteiger partial charge on any atom is 0.339 e. The average Bonchev–Trinajstić information content (AvgIpc) is 2.51. The Labute approximate surface area is 141 Å². The van der Waals surface area contributed by atoms with Crippen molar-refractivity contribution in [2.75, 3.05) is 13.2 Å². The molecule has 0 bridgehead atoms. The van der Waals surface area contributed by atoms with Crippen LogP contribution in [0.4, 0.5) is 5.69 Å². The van der Waals surface area contributed by atoms with Crippen molar-refractivity contribution < 1.29 is 19.2 Å². The summed E-state index contributed by atoms with van der Waals surface area (Å²) in [5, 5.41) is 11.1. The Morgan fingerprint density at radius 1 is 1.13 bits per heavy atom. The molecule has 2 aromatic rings. The van der Waals surface area contributed by atoms with Crippen molar-refractivity contribution >= 4 is 34.9 Å². The van der Waals surface area contributed by atoms with Crippen LogP contribution in [0.25, 0.3) is 0 Å². The molecule has 0 unspecified atom stereocenters. The first-order valence-corrected chi connectivity index (χ1v) is 7.22. The number of halogens is 2. The van der Waals surface area contributed by atoms with Crippen LogP contribution in [0, 0.1) is 10.1 Å². The lowest BCUT2D eigenvalue weighted by atomic mass is 10.2. The fraction of sp³-hybridized carbons (Fsp3) is 0.133. The molecule has 23 heavy (non-hydrogen) atoms. The molecule has 8 heteroatoms. The molecule has 0 atom stereocenters. The lowest BCUT2D eigenvalue weighted by Crippen LogP contribution is -2.12. The summed E-state index contributed by atoms with van der Waals surface area (Å²) in [5.74, 6) is -0.124. The summed E-state index contributed by atoms with van der Waals surface area (Å²) in [5.41, 5.74) is -0.143. The van der Waals surface area contributed by atoms with Crippen LogP contribution in [-0.4, -0.2) is 24.1 Å². The molecule has 120 valence electrons. The van der Waals surface area contributed by atoms with E-state index in [-0.39, 0.29) is 29.5 Å². The fourth-order valence-corrected chi connectivity index (χ4v) is 2.14. The fourth-order valence-electron chi connectivity index (χ4n) is 1.71. The predicted octanol–water partition coefficient (Wildman–Crippen LogP) is 4.14. The summed E-state index contributed by atoms with van der Waals surface area (Å²) in [6, 6.07) is 10.3. The molecule has 2 rings (SSSR count). The molecule has 0 fully saturated rings. The van der Waals surface area contributed by atoms with Gasteiger partial charge in [0.15, 0.2) is 0 Å². The summed E-state index contributed by atoms with van der Waals surface area (Å²) >= 11 is 11.7. The normalized spacial score (nSPS) is 10.2. The number of hydrogen-bond acceptors (Lipinski definition) is 5. The van der Waals surface area contributed by atoms with Gasteiger partial charge in [-0.1, -0.05) is 29.3 Å². The number of benzene rings is 2. The van der Waals surface area contributed by atoms with E-state index in [4.69, 9.17) is 32.7 Å². The van der Waals surface area contributed by atoms with E-state index in [2.05, 4.69) is 0 Å². The minimum Gasteiger partial charge on any atom is -0.490 e. The highest BCUT2D eigenvalue weighted by atomic mass is 35.5. The number of ether oxygens (including phenoxy) is 2. The van der Waals surface area contributed by atoms with Crippen molar-refractivity contribution in [3.05, 3.63) is 68.2 Å². The maximum absolute atomic E-state index is 11.9. The molecule has 0 aliphatic heterocycles. The highest BCUT2D eigenvalue weighted by molar-refractivity contribution is 6.33. The Bertz CT molecular complexity index is 736. The molecule has 0 aliphatic carbocycles. The van der Waals surface area contributed by atoms with Crippen LogP contribution >= 0.6 is 23.2 Å². The molecule has 0 saturated heterocycles. The van der Waals surface area contributed by atoms with Gasteiger partial charge in [-0.15, -0.1) is 0 Å². The van der Waals surface area contributed by atoms with Crippen molar-refractivity contribution in [2.45, 2.75) is 0 Å². The highest BCUT2D eigenvalue weighted by Crippen LogP contribution is 2.23. The van der Waals surface area contributed by atoms with E-state index in [9.17, 15) is 14.9 Å². The zero-order valence-corrected chi connectivity index (χ0v) is 13.2. The van der Waals surface area contributed by atoms with Gasteiger partial charge in [0, 0.05) is 17.2 Å². The zero-order chi connectivity index (χ0) is 16.8. The van der Waals surface area contributed by atoms with Gasteiger partial charge in [-0.25, -0.2) is 4.79 Å². The van der Waals surface area contributed by atoms with Crippen LogP contribution in [0.2, 0.25) is 10.0 Å². The van der Waals surface area contributed by atoms with E-state index < -0.39 is 10.9 Å². The van der Waals surface area contributed by atoms with Crippen LogP contribution in [-0.2, 0) is 4.74 Å². The van der Waals surface area contributed by atoms with Gasteiger partial charge in [-0.3, -0.25) is 10.1 Å². The quantitative estimate of drug-likeness (QED) is 0.336. The van der Waals surface area contributed by atoms with E-state index in [0.717, 1.165) is 6.07 Å². The molecule has 0 radical (unpaired) electrons. The van der Waals surface area contributed by atoms with E-state index in [1.807, 2.05) is 0 Å². The van der Waals surface area contributed by atoms with Crippen molar-refractivity contribution in [3.8, 4) is 5.75 Å². The van der Waals surface area contributed by atoms with Crippen LogP contribution in [0.3, 0.4) is 0 Å². The van der Waals surface area contributed by atoms with Gasteiger partial charge in [-0.05, 0) is 24.3 Å². The number of rotatable bonds is 6. The third-order valence-electron chi connectivity index (χ3n) is 2.76. The monoisotopic (exact) mass is 355 g/mol. The Morgan fingerprint density at radius 2 is 1.91 bits per heavy atom. The molecule has 0 saturated carbocycles. The number of carbonyl (C=O) groups excluding carboxylic acids is 1. The van der Waals surface area contributed by atoms with Gasteiger partial charge >= 0.3 is 5.97 Å². The van der Waals surface area contributed by atoms with Crippen molar-refractivity contribution in [2.24, 2.45) is 0 Å². The molecule has 0 aromatic heterocycles. The second-order valence-corrected chi connectivity index (χ2v) is 5.21. The first-order valence-electron chi connectivity index (χ1n) is 6.47. The second-order valence-electron chi connectivity index (χ2n) is 4.36. The minimum atomic E-state index is -0.681. The summed E-state index contributed by atoms with van der Waals surface area (Å²) in [4.78, 5) is 21.9. The van der Waals surface area contributed by atoms with Crippen LogP contribution in [0.15, 0.2) is 42.5 Å². The summed E-state index contributed by atoms with van der Waals surface area (Å²) < 4.78 is 10.4. The summed E-state index contributed by atoms with van der Waals surface area (Å²) in [6.07, 6.45) is 0. The second kappa shape index (κ2) is 7.80. The number of carbonyl (C=O) groups is 1. The standard InChI is InChI=1S/C15H11Cl2NO5/c16-10-2-1-3-12(8-10)22-6-7-23-15(19)13-5-4-11(18(20)21)9-14(13)17/h1-5,8-9H,6-7H2. The highest BCUT2D eigenvalue weighted by Gasteiger charge is 2.16. The first kappa shape index (κ1) is 17.1. The topological polar surface area (TPSA) is 78.7 Å². The molecular formula is C15H11Cl2NO5. The van der Waals surface area contributed by atoms with Crippen LogP contribution < -0.4 is 4.74 Å². The molecule has 0 aliphatic rings. The van der Waals surface area contributed by atoms with E-state index in [0.29, 0.717) is 10.8 Å². The molecule has 2 aromatic carbocycles. The molecule has 0 heterocycles. The first-order chi connectivity index (χ1) is 11.0. The smallest absolute Gasteiger partial charge is 0.339 e. The Hall–Kier alpha value is -2.31. The molecule has 6 nitrogen and oxygen atoms in total. The zero-order valence-electron chi connectivity index (χ0n) is 11.7. The third kappa shape index (κ3) is 4.84. The lowest BCUT2D eigenvalue weighted by Gasteiger charge is -2.08. The number of hydrogen-bond donors (Lipinski definition) is 0. The van der Waals surface area contributed by atoms with Gasteiger partial charge in [0.25, 0.3) is 5.69 Å². The Kier molecular flexibility index (Phi) is 5.78. The van der Waals surface area contributed by atoms with Crippen LogP contribution in [0.1, 0.15) is 10.4 Å². The minimum absolute atomic E-state index is 0.00133. The van der Waals surface area contributed by atoms with Gasteiger partial charge < -0.3 is 9.47 Å². The largest absolute Gasteiger partial charge is 0.490 e. The molecule has 0 amide bonds. The maximum atomic E-state index is 11.9. The van der Waals surface area contributed by atoms with Crippen LogP contribution in [0.5, 0.6) is 5.75 Å². The number of nitro benzene ring substituents is 1. The van der Waals surface area contributed by atoms with Gasteiger partial charge in [0.1, 0.15) is 19.0 Å². The number of non-ortho nitro benzene ring substituents is 1. The predicted molar refractivity (Wildman–Crippen MR) is 85.3 cm³/mol.